The predicted molar refractivity (Wildman–Crippen MR) is 66.2 cm³/mol. The summed E-state index contributed by atoms with van der Waals surface area (Å²) in [6.07, 6.45) is 0.524. The quantitative estimate of drug-likeness (QED) is 0.802. The van der Waals surface area contributed by atoms with Crippen molar-refractivity contribution in [2.45, 2.75) is 26.5 Å². The van der Waals surface area contributed by atoms with Gasteiger partial charge >= 0.3 is 0 Å². The Hall–Kier alpha value is -1.65. The number of ketones is 1. The van der Waals surface area contributed by atoms with Gasteiger partial charge in [0, 0.05) is 24.2 Å². The monoisotopic (exact) mass is 232 g/mol. The molecule has 0 atom stereocenters. The minimum absolute atomic E-state index is 0.183. The van der Waals surface area contributed by atoms with Crippen molar-refractivity contribution < 1.29 is 9.63 Å². The summed E-state index contributed by atoms with van der Waals surface area (Å²) in [6.45, 7) is 2.62. The van der Waals surface area contributed by atoms with E-state index in [0.29, 0.717) is 19.6 Å². The number of carbonyl (C=O) groups is 1. The Balaban J connectivity index is 2.40. The topological polar surface area (TPSA) is 57.2 Å². The van der Waals surface area contributed by atoms with Gasteiger partial charge in [-0.15, -0.1) is 0 Å². The first-order valence-electron chi connectivity index (χ1n) is 5.60. The van der Waals surface area contributed by atoms with Crippen LogP contribution in [-0.2, 0) is 22.8 Å². The first-order chi connectivity index (χ1) is 8.22. The molecular weight excluding hydrogens is 216 g/mol. The number of carbonyl (C=O) groups excluding carboxylic acids is 1. The average Bonchev–Trinajstić information content (AvgIpc) is 2.64. The Morgan fingerprint density at radius 3 is 2.88 bits per heavy atom. The number of fused-ring (bicyclic) bond motifs is 1. The van der Waals surface area contributed by atoms with E-state index >= 15 is 0 Å². The van der Waals surface area contributed by atoms with Crippen LogP contribution in [0.4, 0.5) is 0 Å². The van der Waals surface area contributed by atoms with Gasteiger partial charge in [0.15, 0.2) is 0 Å². The number of hydrogen-bond donors (Lipinski definition) is 1. The summed E-state index contributed by atoms with van der Waals surface area (Å²) in [5, 5.41) is 1.14. The van der Waals surface area contributed by atoms with Crippen molar-refractivity contribution in [1.29, 1.82) is 0 Å². The first-order valence-corrected chi connectivity index (χ1v) is 5.60. The lowest BCUT2D eigenvalue weighted by Crippen LogP contribution is -2.09. The Kier molecular flexibility index (Phi) is 3.56. The summed E-state index contributed by atoms with van der Waals surface area (Å²) >= 11 is 0. The molecule has 0 saturated heterocycles. The van der Waals surface area contributed by atoms with Crippen LogP contribution < -0.4 is 5.90 Å². The second-order valence-electron chi connectivity index (χ2n) is 4.11. The molecule has 0 aliphatic carbocycles. The number of hydrogen-bond acceptors (Lipinski definition) is 3. The van der Waals surface area contributed by atoms with Crippen LogP contribution in [0.25, 0.3) is 10.9 Å². The third kappa shape index (κ3) is 2.54. The summed E-state index contributed by atoms with van der Waals surface area (Å²) in [5.74, 6) is 5.31. The summed E-state index contributed by atoms with van der Waals surface area (Å²) < 4.78 is 2.09. The average molecular weight is 232 g/mol. The Morgan fingerprint density at radius 2 is 2.18 bits per heavy atom. The molecule has 0 aliphatic rings. The molecule has 2 rings (SSSR count). The molecule has 0 unspecified atom stereocenters. The number of nitrogens with two attached hydrogens (primary N) is 1. The molecule has 1 aromatic carbocycles. The molecule has 0 spiro atoms. The van der Waals surface area contributed by atoms with Crippen molar-refractivity contribution in [1.82, 2.24) is 4.57 Å². The minimum Gasteiger partial charge on any atom is -0.342 e. The van der Waals surface area contributed by atoms with E-state index in [9.17, 15) is 4.79 Å². The summed E-state index contributed by atoms with van der Waals surface area (Å²) in [4.78, 5) is 15.8. The van der Waals surface area contributed by atoms with Gasteiger partial charge < -0.3 is 4.57 Å². The van der Waals surface area contributed by atoms with Gasteiger partial charge in [0.2, 0.25) is 0 Å². The third-order valence-corrected chi connectivity index (χ3v) is 2.82. The molecule has 0 fully saturated rings. The van der Waals surface area contributed by atoms with Gasteiger partial charge in [-0.3, -0.25) is 9.63 Å². The minimum atomic E-state index is 0.183. The third-order valence-electron chi connectivity index (χ3n) is 2.82. The molecule has 1 heterocycles. The lowest BCUT2D eigenvalue weighted by molar-refractivity contribution is -0.117. The standard InChI is InChI=1S/C13H16N2O2/c1-10(16)6-7-15-12(9-17-14)8-11-4-2-3-5-13(11)15/h2-5,8H,6-7,9,14H2,1H3. The second-order valence-corrected chi connectivity index (χ2v) is 4.11. The number of para-hydroxylation sites is 1. The molecule has 0 saturated carbocycles. The molecular formula is C13H16N2O2. The van der Waals surface area contributed by atoms with Crippen LogP contribution in [0.1, 0.15) is 19.0 Å². The van der Waals surface area contributed by atoms with Crippen molar-refractivity contribution in [2.75, 3.05) is 0 Å². The highest BCUT2D eigenvalue weighted by Crippen LogP contribution is 2.20. The molecule has 0 radical (unpaired) electrons. The van der Waals surface area contributed by atoms with Crippen molar-refractivity contribution in [3.8, 4) is 0 Å². The molecule has 2 aromatic rings. The highest BCUT2D eigenvalue weighted by molar-refractivity contribution is 5.81. The zero-order chi connectivity index (χ0) is 12.3. The van der Waals surface area contributed by atoms with Crippen LogP contribution in [0.5, 0.6) is 0 Å². The van der Waals surface area contributed by atoms with Gasteiger partial charge in [0.1, 0.15) is 12.4 Å². The molecule has 0 aliphatic heterocycles. The van der Waals surface area contributed by atoms with Gasteiger partial charge in [0.05, 0.1) is 0 Å². The van der Waals surface area contributed by atoms with E-state index in [1.165, 1.54) is 0 Å². The Labute approximate surface area is 99.9 Å². The highest BCUT2D eigenvalue weighted by atomic mass is 16.6. The van der Waals surface area contributed by atoms with Crippen molar-refractivity contribution in [3.63, 3.8) is 0 Å². The van der Waals surface area contributed by atoms with Crippen LogP contribution in [0.2, 0.25) is 0 Å². The maximum absolute atomic E-state index is 11.1. The number of aromatic nitrogens is 1. The summed E-state index contributed by atoms with van der Waals surface area (Å²) in [6, 6.07) is 10.1. The normalized spacial score (nSPS) is 10.9. The largest absolute Gasteiger partial charge is 0.342 e. The molecule has 0 amide bonds. The molecule has 17 heavy (non-hydrogen) atoms. The fraction of sp³-hybridized carbons (Fsp3) is 0.308. The molecule has 0 bridgehead atoms. The maximum atomic E-state index is 11.1. The van der Waals surface area contributed by atoms with Gasteiger partial charge in [-0.1, -0.05) is 18.2 Å². The summed E-state index contributed by atoms with van der Waals surface area (Å²) in [5.41, 5.74) is 2.11. The van der Waals surface area contributed by atoms with Crippen LogP contribution in [0.3, 0.4) is 0 Å². The van der Waals surface area contributed by atoms with E-state index in [1.807, 2.05) is 30.3 Å². The van der Waals surface area contributed by atoms with Crippen LogP contribution >= 0.6 is 0 Å². The predicted octanol–water partition coefficient (Wildman–Crippen LogP) is 2.01. The van der Waals surface area contributed by atoms with E-state index in [4.69, 9.17) is 10.7 Å². The van der Waals surface area contributed by atoms with Gasteiger partial charge in [-0.2, -0.15) is 0 Å². The fourth-order valence-electron chi connectivity index (χ4n) is 2.01. The lowest BCUT2D eigenvalue weighted by Gasteiger charge is -2.08. The Morgan fingerprint density at radius 1 is 1.41 bits per heavy atom. The molecule has 2 N–H and O–H groups in total. The zero-order valence-corrected chi connectivity index (χ0v) is 9.85. The van der Waals surface area contributed by atoms with E-state index < -0.39 is 0 Å². The zero-order valence-electron chi connectivity index (χ0n) is 9.85. The molecule has 1 aromatic heterocycles. The summed E-state index contributed by atoms with van der Waals surface area (Å²) in [7, 11) is 0. The van der Waals surface area contributed by atoms with Crippen LogP contribution in [0.15, 0.2) is 30.3 Å². The number of nitrogens with zero attached hydrogens (tertiary/aromatic N) is 1. The SMILES string of the molecule is CC(=O)CCn1c(CON)cc2ccccc21. The number of rotatable bonds is 5. The maximum Gasteiger partial charge on any atom is 0.131 e. The van der Waals surface area contributed by atoms with Crippen molar-refractivity contribution in [2.24, 2.45) is 5.90 Å². The fourth-order valence-corrected chi connectivity index (χ4v) is 2.01. The second kappa shape index (κ2) is 5.12. The van der Waals surface area contributed by atoms with Gasteiger partial charge in [-0.25, -0.2) is 5.90 Å². The lowest BCUT2D eigenvalue weighted by atomic mass is 10.2. The van der Waals surface area contributed by atoms with Crippen molar-refractivity contribution in [3.05, 3.63) is 36.0 Å². The van der Waals surface area contributed by atoms with E-state index in [0.717, 1.165) is 16.6 Å². The molecule has 4 nitrogen and oxygen atoms in total. The Bertz CT molecular complexity index is 531. The van der Waals surface area contributed by atoms with Gasteiger partial charge in [-0.05, 0) is 24.4 Å². The number of benzene rings is 1. The van der Waals surface area contributed by atoms with Crippen LogP contribution in [-0.4, -0.2) is 10.4 Å². The smallest absolute Gasteiger partial charge is 0.131 e. The van der Waals surface area contributed by atoms with Gasteiger partial charge in [0.25, 0.3) is 0 Å². The first kappa shape index (κ1) is 11.8. The van der Waals surface area contributed by atoms with E-state index in [2.05, 4.69) is 4.57 Å². The number of aryl methyl sites for hydroxylation is 1. The highest BCUT2D eigenvalue weighted by Gasteiger charge is 2.08. The molecule has 90 valence electrons. The van der Waals surface area contributed by atoms with E-state index in [-0.39, 0.29) is 5.78 Å². The van der Waals surface area contributed by atoms with Crippen molar-refractivity contribution >= 4 is 16.7 Å². The molecule has 4 heteroatoms. The van der Waals surface area contributed by atoms with E-state index in [1.54, 1.807) is 6.92 Å². The van der Waals surface area contributed by atoms with Crippen LogP contribution in [0, 0.1) is 0 Å². The number of Topliss-reactive ketones (excluding diaryl/α,β-unsaturated/α-hetero) is 1.